The fourth-order valence-corrected chi connectivity index (χ4v) is 7.37. The summed E-state index contributed by atoms with van der Waals surface area (Å²) in [7, 11) is -3.45. The zero-order valence-corrected chi connectivity index (χ0v) is 22.3. The monoisotopic (exact) mass is 515 g/mol. The zero-order valence-electron chi connectivity index (χ0n) is 20.6. The summed E-state index contributed by atoms with van der Waals surface area (Å²) in [5, 5.41) is 3.81. The molecule has 1 saturated heterocycles. The molecule has 1 N–H and O–H groups in total. The number of hydrogen-bond donors (Lipinski definition) is 1. The van der Waals surface area contributed by atoms with Gasteiger partial charge in [0.1, 0.15) is 0 Å². The molecule has 0 aromatic heterocycles. The smallest absolute Gasteiger partial charge is 0.251 e. The van der Waals surface area contributed by atoms with Gasteiger partial charge in [-0.25, -0.2) is 8.42 Å². The molecule has 1 amide bonds. The van der Waals surface area contributed by atoms with Gasteiger partial charge in [0.15, 0.2) is 0 Å². The van der Waals surface area contributed by atoms with E-state index in [0.29, 0.717) is 43.2 Å². The Morgan fingerprint density at radius 3 is 2.26 bits per heavy atom. The first-order chi connectivity index (χ1) is 16.9. The summed E-state index contributed by atoms with van der Waals surface area (Å²) in [6.07, 6.45) is 6.70. The lowest BCUT2D eigenvalue weighted by Gasteiger charge is -2.34. The molecule has 2 aromatic rings. The molecule has 0 radical (unpaired) electrons. The SMILES string of the molecule is Cc1ccc(S(=O)(=O)N2CCN(Cc3ccc(C(=O)NCCSC4CCCCC4)cc3)CC2)cc1. The third-order valence-corrected chi connectivity index (χ3v) is 10.2. The molecule has 190 valence electrons. The third-order valence-electron chi connectivity index (χ3n) is 6.91. The Morgan fingerprint density at radius 2 is 1.60 bits per heavy atom. The molecule has 2 aromatic carbocycles. The first-order valence-corrected chi connectivity index (χ1v) is 15.2. The van der Waals surface area contributed by atoms with E-state index in [1.807, 2.05) is 55.1 Å². The zero-order chi connectivity index (χ0) is 24.7. The van der Waals surface area contributed by atoms with E-state index in [4.69, 9.17) is 0 Å². The summed E-state index contributed by atoms with van der Waals surface area (Å²) in [6, 6.07) is 14.8. The number of thioether (sulfide) groups is 1. The molecule has 1 saturated carbocycles. The Balaban J connectivity index is 1.20. The highest BCUT2D eigenvalue weighted by atomic mass is 32.2. The van der Waals surface area contributed by atoms with E-state index in [-0.39, 0.29) is 5.91 Å². The van der Waals surface area contributed by atoms with Crippen molar-refractivity contribution in [3.05, 3.63) is 65.2 Å². The summed E-state index contributed by atoms with van der Waals surface area (Å²) in [5.41, 5.74) is 2.86. The van der Waals surface area contributed by atoms with Gasteiger partial charge in [-0.2, -0.15) is 16.1 Å². The number of nitrogens with zero attached hydrogens (tertiary/aromatic N) is 2. The standard InChI is InChI=1S/C27H37N3O3S2/c1-22-7-13-26(14-8-22)35(32,33)30-18-16-29(17-19-30)21-23-9-11-24(12-10-23)27(31)28-15-20-34-25-5-3-2-4-6-25/h7-14,25H,2-6,15-21H2,1H3,(H,28,31). The van der Waals surface area contributed by atoms with Crippen molar-refractivity contribution in [2.24, 2.45) is 0 Å². The molecule has 1 aliphatic carbocycles. The number of hydrogen-bond acceptors (Lipinski definition) is 5. The van der Waals surface area contributed by atoms with Gasteiger partial charge in [-0.1, -0.05) is 49.1 Å². The van der Waals surface area contributed by atoms with Gasteiger partial charge in [0.25, 0.3) is 5.91 Å². The maximum absolute atomic E-state index is 12.9. The van der Waals surface area contributed by atoms with Crippen LogP contribution in [-0.4, -0.2) is 67.3 Å². The number of piperazine rings is 1. The largest absolute Gasteiger partial charge is 0.351 e. The minimum atomic E-state index is -3.45. The normalized spacial score (nSPS) is 18.4. The van der Waals surface area contributed by atoms with Crippen LogP contribution in [0.3, 0.4) is 0 Å². The van der Waals surface area contributed by atoms with Gasteiger partial charge in [0, 0.05) is 55.8 Å². The molecule has 1 heterocycles. The summed E-state index contributed by atoms with van der Waals surface area (Å²) in [5.74, 6) is 0.954. The van der Waals surface area contributed by atoms with Crippen LogP contribution < -0.4 is 5.32 Å². The van der Waals surface area contributed by atoms with E-state index >= 15 is 0 Å². The molecule has 6 nitrogen and oxygen atoms in total. The molecule has 0 spiro atoms. The maximum Gasteiger partial charge on any atom is 0.251 e. The van der Waals surface area contributed by atoms with E-state index in [0.717, 1.165) is 28.7 Å². The highest BCUT2D eigenvalue weighted by Crippen LogP contribution is 2.27. The lowest BCUT2D eigenvalue weighted by molar-refractivity contribution is 0.0956. The van der Waals surface area contributed by atoms with Crippen molar-refractivity contribution >= 4 is 27.7 Å². The van der Waals surface area contributed by atoms with Crippen LogP contribution in [0.4, 0.5) is 0 Å². The number of aryl methyl sites for hydroxylation is 1. The minimum Gasteiger partial charge on any atom is -0.351 e. The molecule has 4 rings (SSSR count). The second-order valence-corrected chi connectivity index (χ2v) is 12.9. The number of amides is 1. The topological polar surface area (TPSA) is 69.7 Å². The summed E-state index contributed by atoms with van der Waals surface area (Å²) < 4.78 is 27.4. The highest BCUT2D eigenvalue weighted by molar-refractivity contribution is 7.99. The van der Waals surface area contributed by atoms with Crippen molar-refractivity contribution in [3.63, 3.8) is 0 Å². The van der Waals surface area contributed by atoms with Crippen molar-refractivity contribution in [1.29, 1.82) is 0 Å². The van der Waals surface area contributed by atoms with Crippen LogP contribution in [0.1, 0.15) is 53.6 Å². The third kappa shape index (κ3) is 7.32. The number of carbonyl (C=O) groups is 1. The van der Waals surface area contributed by atoms with Crippen LogP contribution in [0.15, 0.2) is 53.4 Å². The van der Waals surface area contributed by atoms with E-state index in [2.05, 4.69) is 10.2 Å². The molecular weight excluding hydrogens is 478 g/mol. The molecule has 0 unspecified atom stereocenters. The van der Waals surface area contributed by atoms with E-state index in [1.54, 1.807) is 16.4 Å². The summed E-state index contributed by atoms with van der Waals surface area (Å²) in [4.78, 5) is 15.1. The van der Waals surface area contributed by atoms with E-state index in [1.165, 1.54) is 32.1 Å². The lowest BCUT2D eigenvalue weighted by Crippen LogP contribution is -2.48. The number of nitrogens with one attached hydrogen (secondary N) is 1. The summed E-state index contributed by atoms with van der Waals surface area (Å²) in [6.45, 7) is 5.74. The van der Waals surface area contributed by atoms with Crippen LogP contribution >= 0.6 is 11.8 Å². The average molecular weight is 516 g/mol. The molecular formula is C27H37N3O3S2. The molecule has 0 atom stereocenters. The van der Waals surface area contributed by atoms with Gasteiger partial charge in [0.2, 0.25) is 10.0 Å². The second-order valence-electron chi connectivity index (χ2n) is 9.58. The van der Waals surface area contributed by atoms with Gasteiger partial charge in [-0.3, -0.25) is 9.69 Å². The van der Waals surface area contributed by atoms with Crippen molar-refractivity contribution in [3.8, 4) is 0 Å². The van der Waals surface area contributed by atoms with Crippen molar-refractivity contribution in [2.45, 2.75) is 55.7 Å². The van der Waals surface area contributed by atoms with E-state index < -0.39 is 10.0 Å². The van der Waals surface area contributed by atoms with Crippen LogP contribution in [0.2, 0.25) is 0 Å². The average Bonchev–Trinajstić information content (AvgIpc) is 2.88. The fraction of sp³-hybridized carbons (Fsp3) is 0.519. The first kappa shape index (κ1) is 26.2. The lowest BCUT2D eigenvalue weighted by atomic mass is 10.0. The van der Waals surface area contributed by atoms with Gasteiger partial charge in [-0.15, -0.1) is 0 Å². The van der Waals surface area contributed by atoms with Gasteiger partial charge >= 0.3 is 0 Å². The van der Waals surface area contributed by atoms with Gasteiger partial charge in [0.05, 0.1) is 4.90 Å². The predicted octanol–water partition coefficient (Wildman–Crippen LogP) is 4.30. The Morgan fingerprint density at radius 1 is 0.943 bits per heavy atom. The molecule has 1 aliphatic heterocycles. The second kappa shape index (κ2) is 12.4. The minimum absolute atomic E-state index is 0.0179. The Kier molecular flexibility index (Phi) is 9.27. The molecule has 35 heavy (non-hydrogen) atoms. The number of sulfonamides is 1. The van der Waals surface area contributed by atoms with Crippen molar-refractivity contribution in [2.75, 3.05) is 38.5 Å². The summed E-state index contributed by atoms with van der Waals surface area (Å²) >= 11 is 2.00. The number of carbonyl (C=O) groups excluding carboxylic acids is 1. The molecule has 0 bridgehead atoms. The fourth-order valence-electron chi connectivity index (χ4n) is 4.73. The van der Waals surface area contributed by atoms with Gasteiger partial charge < -0.3 is 5.32 Å². The van der Waals surface area contributed by atoms with Crippen LogP contribution in [0.5, 0.6) is 0 Å². The quantitative estimate of drug-likeness (QED) is 0.505. The maximum atomic E-state index is 12.9. The van der Waals surface area contributed by atoms with Crippen LogP contribution in [-0.2, 0) is 16.6 Å². The van der Waals surface area contributed by atoms with Crippen molar-refractivity contribution < 1.29 is 13.2 Å². The van der Waals surface area contributed by atoms with Crippen molar-refractivity contribution in [1.82, 2.24) is 14.5 Å². The number of rotatable bonds is 9. The molecule has 2 fully saturated rings. The van der Waals surface area contributed by atoms with E-state index in [9.17, 15) is 13.2 Å². The number of benzene rings is 2. The Hall–Kier alpha value is -1.87. The highest BCUT2D eigenvalue weighted by Gasteiger charge is 2.28. The Bertz CT molecular complexity index is 1060. The molecule has 2 aliphatic rings. The predicted molar refractivity (Wildman–Crippen MR) is 143 cm³/mol. The molecule has 8 heteroatoms. The first-order valence-electron chi connectivity index (χ1n) is 12.7. The van der Waals surface area contributed by atoms with Gasteiger partial charge in [-0.05, 0) is 49.6 Å². The van der Waals surface area contributed by atoms with Crippen LogP contribution in [0, 0.1) is 6.92 Å². The Labute approximate surface area is 214 Å². The van der Waals surface area contributed by atoms with Crippen LogP contribution in [0.25, 0.3) is 0 Å².